The van der Waals surface area contributed by atoms with Crippen molar-refractivity contribution < 1.29 is 9.59 Å². The van der Waals surface area contributed by atoms with Crippen LogP contribution in [0.3, 0.4) is 0 Å². The first kappa shape index (κ1) is 13.0. The fourth-order valence-corrected chi connectivity index (χ4v) is 2.54. The Hall–Kier alpha value is -1.47. The van der Waals surface area contributed by atoms with Crippen LogP contribution in [0.25, 0.3) is 0 Å². The minimum absolute atomic E-state index is 0.134. The summed E-state index contributed by atoms with van der Waals surface area (Å²) in [5.74, 6) is -0.303. The lowest BCUT2D eigenvalue weighted by Crippen LogP contribution is -2.59. The van der Waals surface area contributed by atoms with Gasteiger partial charge in [0, 0.05) is 32.1 Å². The van der Waals surface area contributed by atoms with Gasteiger partial charge in [0.2, 0.25) is 5.91 Å². The number of rotatable bonds is 2. The van der Waals surface area contributed by atoms with E-state index in [9.17, 15) is 9.59 Å². The molecule has 1 aromatic rings. The molecule has 0 saturated carbocycles. The van der Waals surface area contributed by atoms with Crippen LogP contribution in [0.15, 0.2) is 10.9 Å². The van der Waals surface area contributed by atoms with Crippen LogP contribution in [0, 0.1) is 0 Å². The summed E-state index contributed by atoms with van der Waals surface area (Å²) >= 11 is 1.38. The SMILES string of the molecule is CNC(=O)C1CN(C)CCN1C(=O)c1cscn1. The highest BCUT2D eigenvalue weighted by molar-refractivity contribution is 7.07. The number of hydrogen-bond acceptors (Lipinski definition) is 5. The van der Waals surface area contributed by atoms with Gasteiger partial charge in [0.25, 0.3) is 5.91 Å². The molecule has 2 rings (SSSR count). The van der Waals surface area contributed by atoms with E-state index in [1.54, 1.807) is 22.8 Å². The van der Waals surface area contributed by atoms with Crippen molar-refractivity contribution >= 4 is 23.2 Å². The van der Waals surface area contributed by atoms with E-state index < -0.39 is 6.04 Å². The molecule has 1 aliphatic heterocycles. The smallest absolute Gasteiger partial charge is 0.274 e. The van der Waals surface area contributed by atoms with E-state index in [0.29, 0.717) is 18.8 Å². The maximum atomic E-state index is 12.3. The molecule has 0 aliphatic carbocycles. The average molecular weight is 268 g/mol. The van der Waals surface area contributed by atoms with Crippen LogP contribution in [0.2, 0.25) is 0 Å². The summed E-state index contributed by atoms with van der Waals surface area (Å²) in [6.07, 6.45) is 0. The second-order valence-electron chi connectivity index (χ2n) is 4.26. The molecule has 0 aromatic carbocycles. The lowest BCUT2D eigenvalue weighted by atomic mass is 10.1. The maximum Gasteiger partial charge on any atom is 0.274 e. The molecule has 18 heavy (non-hydrogen) atoms. The van der Waals surface area contributed by atoms with Gasteiger partial charge >= 0.3 is 0 Å². The molecule has 1 atom stereocenters. The van der Waals surface area contributed by atoms with Gasteiger partial charge in [0.15, 0.2) is 0 Å². The van der Waals surface area contributed by atoms with Crippen molar-refractivity contribution in [3.05, 3.63) is 16.6 Å². The number of nitrogens with one attached hydrogen (secondary N) is 1. The van der Waals surface area contributed by atoms with Gasteiger partial charge in [-0.1, -0.05) is 0 Å². The highest BCUT2D eigenvalue weighted by atomic mass is 32.1. The Morgan fingerprint density at radius 3 is 2.89 bits per heavy atom. The molecule has 7 heteroatoms. The van der Waals surface area contributed by atoms with E-state index in [2.05, 4.69) is 10.3 Å². The number of thiazole rings is 1. The fraction of sp³-hybridized carbons (Fsp3) is 0.545. The van der Waals surface area contributed by atoms with Gasteiger partial charge in [0.1, 0.15) is 11.7 Å². The van der Waals surface area contributed by atoms with Crippen LogP contribution >= 0.6 is 11.3 Å². The predicted molar refractivity (Wildman–Crippen MR) is 68.5 cm³/mol. The van der Waals surface area contributed by atoms with Crippen molar-refractivity contribution in [2.45, 2.75) is 6.04 Å². The number of piperazine rings is 1. The third-order valence-electron chi connectivity index (χ3n) is 3.04. The molecule has 98 valence electrons. The molecule has 2 heterocycles. The van der Waals surface area contributed by atoms with Crippen molar-refractivity contribution in [2.75, 3.05) is 33.7 Å². The third kappa shape index (κ3) is 2.51. The normalized spacial score (nSPS) is 20.8. The second kappa shape index (κ2) is 5.45. The monoisotopic (exact) mass is 268 g/mol. The lowest BCUT2D eigenvalue weighted by molar-refractivity contribution is -0.126. The summed E-state index contributed by atoms with van der Waals surface area (Å²) in [5, 5.41) is 4.32. The molecule has 2 amide bonds. The Morgan fingerprint density at radius 2 is 2.28 bits per heavy atom. The zero-order valence-corrected chi connectivity index (χ0v) is 11.2. The predicted octanol–water partition coefficient (Wildman–Crippen LogP) is -0.355. The highest BCUT2D eigenvalue weighted by Crippen LogP contribution is 2.13. The van der Waals surface area contributed by atoms with Crippen LogP contribution < -0.4 is 5.32 Å². The van der Waals surface area contributed by atoms with Gasteiger partial charge in [-0.05, 0) is 7.05 Å². The van der Waals surface area contributed by atoms with E-state index in [1.165, 1.54) is 11.3 Å². The molecule has 0 bridgehead atoms. The Labute approximate surface area is 110 Å². The van der Waals surface area contributed by atoms with Crippen LogP contribution in [0.5, 0.6) is 0 Å². The summed E-state index contributed by atoms with van der Waals surface area (Å²) in [6.45, 7) is 1.86. The molecule has 1 saturated heterocycles. The molecule has 0 spiro atoms. The summed E-state index contributed by atoms with van der Waals surface area (Å²) in [4.78, 5) is 31.8. The minimum atomic E-state index is -0.442. The zero-order chi connectivity index (χ0) is 13.1. The van der Waals surface area contributed by atoms with Crippen LogP contribution in [-0.2, 0) is 4.79 Å². The molecular weight excluding hydrogens is 252 g/mol. The van der Waals surface area contributed by atoms with Crippen LogP contribution in [0.4, 0.5) is 0 Å². The van der Waals surface area contributed by atoms with E-state index in [4.69, 9.17) is 0 Å². The Kier molecular flexibility index (Phi) is 3.93. The minimum Gasteiger partial charge on any atom is -0.357 e. The Morgan fingerprint density at radius 1 is 1.50 bits per heavy atom. The maximum absolute atomic E-state index is 12.3. The molecule has 1 aliphatic rings. The molecular formula is C11H16N4O2S. The van der Waals surface area contributed by atoms with Crippen LogP contribution in [-0.4, -0.2) is 66.4 Å². The van der Waals surface area contributed by atoms with Crippen molar-refractivity contribution in [3.63, 3.8) is 0 Å². The van der Waals surface area contributed by atoms with E-state index in [0.717, 1.165) is 6.54 Å². The quantitative estimate of drug-likeness (QED) is 0.796. The molecule has 0 radical (unpaired) electrons. The molecule has 1 unspecified atom stereocenters. The first-order chi connectivity index (χ1) is 8.63. The van der Waals surface area contributed by atoms with Crippen LogP contribution in [0.1, 0.15) is 10.5 Å². The summed E-state index contributed by atoms with van der Waals surface area (Å²) < 4.78 is 0. The largest absolute Gasteiger partial charge is 0.357 e. The second-order valence-corrected chi connectivity index (χ2v) is 4.98. The van der Waals surface area contributed by atoms with Crippen molar-refractivity contribution in [1.29, 1.82) is 0 Å². The van der Waals surface area contributed by atoms with Gasteiger partial charge in [-0.25, -0.2) is 4.98 Å². The first-order valence-electron chi connectivity index (χ1n) is 5.72. The molecule has 6 nitrogen and oxygen atoms in total. The molecule has 1 fully saturated rings. The van der Waals surface area contributed by atoms with Gasteiger partial charge < -0.3 is 15.1 Å². The average Bonchev–Trinajstić information content (AvgIpc) is 2.90. The Balaban J connectivity index is 2.18. The zero-order valence-electron chi connectivity index (χ0n) is 10.4. The first-order valence-corrected chi connectivity index (χ1v) is 6.67. The topological polar surface area (TPSA) is 65.5 Å². The van der Waals surface area contributed by atoms with Crippen molar-refractivity contribution in [2.24, 2.45) is 0 Å². The number of likely N-dealkylation sites (N-methyl/N-ethyl adjacent to an activating group) is 2. The van der Waals surface area contributed by atoms with Gasteiger partial charge in [-0.15, -0.1) is 11.3 Å². The summed E-state index contributed by atoms with van der Waals surface area (Å²) in [7, 11) is 3.53. The van der Waals surface area contributed by atoms with Crippen molar-refractivity contribution in [1.82, 2.24) is 20.1 Å². The summed E-state index contributed by atoms with van der Waals surface area (Å²) in [5.41, 5.74) is 2.04. The Bertz CT molecular complexity index is 434. The van der Waals surface area contributed by atoms with Crippen molar-refractivity contribution in [3.8, 4) is 0 Å². The molecule has 1 N–H and O–H groups in total. The third-order valence-corrected chi connectivity index (χ3v) is 3.63. The fourth-order valence-electron chi connectivity index (χ4n) is 2.02. The number of amides is 2. The molecule has 1 aromatic heterocycles. The van der Waals surface area contributed by atoms with Gasteiger partial charge in [-0.3, -0.25) is 9.59 Å². The standard InChI is InChI=1S/C11H16N4O2S/c1-12-10(16)9-5-14(2)3-4-15(9)11(17)8-6-18-7-13-8/h6-7,9H,3-5H2,1-2H3,(H,12,16). The number of hydrogen-bond donors (Lipinski definition) is 1. The van der Waals surface area contributed by atoms with Gasteiger partial charge in [0.05, 0.1) is 5.51 Å². The van der Waals surface area contributed by atoms with Gasteiger partial charge in [-0.2, -0.15) is 0 Å². The number of carbonyl (C=O) groups excluding carboxylic acids is 2. The number of aromatic nitrogens is 1. The summed E-state index contributed by atoms with van der Waals surface area (Å²) in [6, 6.07) is -0.442. The lowest BCUT2D eigenvalue weighted by Gasteiger charge is -2.38. The number of carbonyl (C=O) groups is 2. The van der Waals surface area contributed by atoms with E-state index in [-0.39, 0.29) is 11.8 Å². The number of nitrogens with zero attached hydrogens (tertiary/aromatic N) is 3. The highest BCUT2D eigenvalue weighted by Gasteiger charge is 2.34. The van der Waals surface area contributed by atoms with E-state index in [1.807, 2.05) is 11.9 Å². The van der Waals surface area contributed by atoms with E-state index >= 15 is 0 Å².